The van der Waals surface area contributed by atoms with Crippen LogP contribution in [-0.4, -0.2) is 30.6 Å². The molecule has 1 heterocycles. The van der Waals surface area contributed by atoms with Crippen LogP contribution >= 0.6 is 0 Å². The van der Waals surface area contributed by atoms with Crippen LogP contribution in [0.2, 0.25) is 0 Å². The van der Waals surface area contributed by atoms with Crippen molar-refractivity contribution >= 4 is 0 Å². The second-order valence-electron chi connectivity index (χ2n) is 5.24. The first-order chi connectivity index (χ1) is 8.83. The van der Waals surface area contributed by atoms with Gasteiger partial charge in [0.1, 0.15) is 0 Å². The van der Waals surface area contributed by atoms with Gasteiger partial charge in [0.25, 0.3) is 0 Å². The monoisotopic (exact) mass is 246 g/mol. The molecule has 1 aromatic carbocycles. The number of nitrogens with one attached hydrogen (secondary N) is 1. The SMILES string of the molecule is CCc1ccccc1CN(CC)CC1CCCN1. The first-order valence-electron chi connectivity index (χ1n) is 7.36. The third kappa shape index (κ3) is 3.56. The summed E-state index contributed by atoms with van der Waals surface area (Å²) in [6, 6.07) is 9.56. The van der Waals surface area contributed by atoms with Crippen molar-refractivity contribution in [1.29, 1.82) is 0 Å². The topological polar surface area (TPSA) is 15.3 Å². The lowest BCUT2D eigenvalue weighted by atomic mass is 10.0. The van der Waals surface area contributed by atoms with Crippen molar-refractivity contribution < 1.29 is 0 Å². The zero-order valence-electron chi connectivity index (χ0n) is 11.8. The standard InChI is InChI=1S/C16H26N2/c1-3-14-8-5-6-9-15(14)12-18(4-2)13-16-10-7-11-17-16/h5-6,8-9,16-17H,3-4,7,10-13H2,1-2H3. The first kappa shape index (κ1) is 13.6. The van der Waals surface area contributed by atoms with Gasteiger partial charge in [0.05, 0.1) is 0 Å². The first-order valence-corrected chi connectivity index (χ1v) is 7.36. The van der Waals surface area contributed by atoms with E-state index in [1.165, 1.54) is 37.1 Å². The molecule has 0 bridgehead atoms. The van der Waals surface area contributed by atoms with Gasteiger partial charge in [0.2, 0.25) is 0 Å². The number of rotatable bonds is 6. The maximum Gasteiger partial charge on any atom is 0.0237 e. The van der Waals surface area contributed by atoms with Crippen molar-refractivity contribution in [3.8, 4) is 0 Å². The second-order valence-corrected chi connectivity index (χ2v) is 5.24. The molecule has 1 fully saturated rings. The Morgan fingerprint density at radius 3 is 2.61 bits per heavy atom. The molecule has 1 saturated heterocycles. The minimum absolute atomic E-state index is 0.707. The second kappa shape index (κ2) is 6.91. The summed E-state index contributed by atoms with van der Waals surface area (Å²) in [6.07, 6.45) is 3.81. The number of likely N-dealkylation sites (N-methyl/N-ethyl adjacent to an activating group) is 1. The maximum absolute atomic E-state index is 3.59. The predicted octanol–water partition coefficient (Wildman–Crippen LogP) is 2.82. The summed E-state index contributed by atoms with van der Waals surface area (Å²) >= 11 is 0. The summed E-state index contributed by atoms with van der Waals surface area (Å²) in [6.45, 7) is 9.13. The van der Waals surface area contributed by atoms with E-state index in [1.807, 2.05) is 0 Å². The van der Waals surface area contributed by atoms with Gasteiger partial charge in [-0.3, -0.25) is 4.90 Å². The number of nitrogens with zero attached hydrogens (tertiary/aromatic N) is 1. The van der Waals surface area contributed by atoms with Crippen molar-refractivity contribution in [1.82, 2.24) is 10.2 Å². The van der Waals surface area contributed by atoms with E-state index in [9.17, 15) is 0 Å². The highest BCUT2D eigenvalue weighted by Crippen LogP contribution is 2.14. The van der Waals surface area contributed by atoms with Crippen LogP contribution in [0.3, 0.4) is 0 Å². The molecule has 1 N–H and O–H groups in total. The molecule has 100 valence electrons. The van der Waals surface area contributed by atoms with E-state index >= 15 is 0 Å². The summed E-state index contributed by atoms with van der Waals surface area (Å²) in [7, 11) is 0. The number of hydrogen-bond donors (Lipinski definition) is 1. The molecular weight excluding hydrogens is 220 g/mol. The van der Waals surface area contributed by atoms with Gasteiger partial charge in [-0.15, -0.1) is 0 Å². The van der Waals surface area contributed by atoms with E-state index < -0.39 is 0 Å². The highest BCUT2D eigenvalue weighted by molar-refractivity contribution is 5.26. The molecule has 0 amide bonds. The third-order valence-corrected chi connectivity index (χ3v) is 3.98. The van der Waals surface area contributed by atoms with Crippen LogP contribution in [0.15, 0.2) is 24.3 Å². The molecule has 1 aliphatic rings. The Labute approximate surface area is 111 Å². The Morgan fingerprint density at radius 1 is 1.22 bits per heavy atom. The van der Waals surface area contributed by atoms with Gasteiger partial charge in [-0.1, -0.05) is 38.1 Å². The van der Waals surface area contributed by atoms with Gasteiger partial charge >= 0.3 is 0 Å². The molecule has 2 nitrogen and oxygen atoms in total. The van der Waals surface area contributed by atoms with E-state index in [2.05, 4.69) is 48.3 Å². The average Bonchev–Trinajstić information content (AvgIpc) is 2.91. The molecule has 0 saturated carbocycles. The molecular formula is C16H26N2. The minimum Gasteiger partial charge on any atom is -0.313 e. The van der Waals surface area contributed by atoms with Crippen molar-refractivity contribution in [2.45, 2.75) is 45.7 Å². The van der Waals surface area contributed by atoms with E-state index in [0.29, 0.717) is 6.04 Å². The molecule has 1 atom stereocenters. The molecule has 1 unspecified atom stereocenters. The van der Waals surface area contributed by atoms with Gasteiger partial charge in [-0.2, -0.15) is 0 Å². The fourth-order valence-electron chi connectivity index (χ4n) is 2.83. The minimum atomic E-state index is 0.707. The molecule has 2 heteroatoms. The molecule has 0 radical (unpaired) electrons. The zero-order valence-corrected chi connectivity index (χ0v) is 11.8. The molecule has 1 aromatic rings. The largest absolute Gasteiger partial charge is 0.313 e. The van der Waals surface area contributed by atoms with Crippen molar-refractivity contribution in [3.63, 3.8) is 0 Å². The summed E-state index contributed by atoms with van der Waals surface area (Å²) in [4.78, 5) is 2.57. The Kier molecular flexibility index (Phi) is 5.21. The fourth-order valence-corrected chi connectivity index (χ4v) is 2.83. The number of benzene rings is 1. The van der Waals surface area contributed by atoms with Crippen LogP contribution < -0.4 is 5.32 Å². The van der Waals surface area contributed by atoms with Gasteiger partial charge in [0.15, 0.2) is 0 Å². The smallest absolute Gasteiger partial charge is 0.0237 e. The summed E-state index contributed by atoms with van der Waals surface area (Å²) in [5, 5.41) is 3.59. The molecule has 0 aliphatic carbocycles. The Morgan fingerprint density at radius 2 is 2.00 bits per heavy atom. The van der Waals surface area contributed by atoms with Crippen LogP contribution in [0.5, 0.6) is 0 Å². The average molecular weight is 246 g/mol. The number of aryl methyl sites for hydroxylation is 1. The van der Waals surface area contributed by atoms with Crippen LogP contribution in [-0.2, 0) is 13.0 Å². The lowest BCUT2D eigenvalue weighted by Crippen LogP contribution is -2.37. The van der Waals surface area contributed by atoms with Crippen molar-refractivity contribution in [2.24, 2.45) is 0 Å². The lowest BCUT2D eigenvalue weighted by Gasteiger charge is -2.25. The predicted molar refractivity (Wildman–Crippen MR) is 77.8 cm³/mol. The highest BCUT2D eigenvalue weighted by Gasteiger charge is 2.17. The number of hydrogen-bond acceptors (Lipinski definition) is 2. The highest BCUT2D eigenvalue weighted by atomic mass is 15.1. The summed E-state index contributed by atoms with van der Waals surface area (Å²) < 4.78 is 0. The van der Waals surface area contributed by atoms with Gasteiger partial charge in [0, 0.05) is 19.1 Å². The van der Waals surface area contributed by atoms with E-state index in [4.69, 9.17) is 0 Å². The quantitative estimate of drug-likeness (QED) is 0.830. The molecule has 0 aromatic heterocycles. The Bertz CT molecular complexity index is 356. The summed E-state index contributed by atoms with van der Waals surface area (Å²) in [5.74, 6) is 0. The molecule has 0 spiro atoms. The molecule has 1 aliphatic heterocycles. The lowest BCUT2D eigenvalue weighted by molar-refractivity contribution is 0.253. The summed E-state index contributed by atoms with van der Waals surface area (Å²) in [5.41, 5.74) is 3.00. The van der Waals surface area contributed by atoms with E-state index in [-0.39, 0.29) is 0 Å². The van der Waals surface area contributed by atoms with Crippen LogP contribution in [0.1, 0.15) is 37.8 Å². The molecule has 2 rings (SSSR count). The normalized spacial score (nSPS) is 19.6. The third-order valence-electron chi connectivity index (χ3n) is 3.98. The van der Waals surface area contributed by atoms with E-state index in [0.717, 1.165) is 19.5 Å². The van der Waals surface area contributed by atoms with Crippen molar-refractivity contribution in [3.05, 3.63) is 35.4 Å². The van der Waals surface area contributed by atoms with Gasteiger partial charge in [-0.25, -0.2) is 0 Å². The zero-order chi connectivity index (χ0) is 12.8. The van der Waals surface area contributed by atoms with Crippen molar-refractivity contribution in [2.75, 3.05) is 19.6 Å². The van der Waals surface area contributed by atoms with E-state index in [1.54, 1.807) is 0 Å². The van der Waals surface area contributed by atoms with Crippen LogP contribution in [0, 0.1) is 0 Å². The maximum atomic E-state index is 3.59. The fraction of sp³-hybridized carbons (Fsp3) is 0.625. The van der Waals surface area contributed by atoms with Gasteiger partial charge in [-0.05, 0) is 43.5 Å². The van der Waals surface area contributed by atoms with Crippen LogP contribution in [0.25, 0.3) is 0 Å². The Balaban J connectivity index is 1.96. The van der Waals surface area contributed by atoms with Crippen LogP contribution in [0.4, 0.5) is 0 Å². The van der Waals surface area contributed by atoms with Gasteiger partial charge < -0.3 is 5.32 Å². The Hall–Kier alpha value is -0.860. The molecule has 18 heavy (non-hydrogen) atoms.